The molecular formula is C11H12BrNO. The van der Waals surface area contributed by atoms with E-state index in [0.717, 1.165) is 16.5 Å². The summed E-state index contributed by atoms with van der Waals surface area (Å²) in [6, 6.07) is 5.95. The van der Waals surface area contributed by atoms with E-state index in [0.29, 0.717) is 0 Å². The maximum absolute atomic E-state index is 10.6. The minimum absolute atomic E-state index is 0.421. The van der Waals surface area contributed by atoms with E-state index in [4.69, 9.17) is 5.73 Å². The molecule has 0 fully saturated rings. The van der Waals surface area contributed by atoms with Crippen LogP contribution in [0.25, 0.3) is 6.08 Å². The average Bonchev–Trinajstić information content (AvgIpc) is 2.15. The zero-order valence-corrected chi connectivity index (χ0v) is 9.54. The molecule has 0 spiro atoms. The van der Waals surface area contributed by atoms with Crippen LogP contribution < -0.4 is 5.73 Å². The van der Waals surface area contributed by atoms with Crippen LogP contribution in [-0.4, -0.2) is 5.91 Å². The molecule has 0 unspecified atom stereocenters. The molecule has 2 N–H and O–H groups in total. The lowest BCUT2D eigenvalue weighted by Crippen LogP contribution is -2.05. The predicted molar refractivity (Wildman–Crippen MR) is 61.7 cm³/mol. The number of hydrogen-bond donors (Lipinski definition) is 1. The van der Waals surface area contributed by atoms with Gasteiger partial charge in [0, 0.05) is 10.5 Å². The van der Waals surface area contributed by atoms with Crippen molar-refractivity contribution in [2.45, 2.75) is 13.3 Å². The zero-order chi connectivity index (χ0) is 10.6. The van der Waals surface area contributed by atoms with Gasteiger partial charge in [0.05, 0.1) is 0 Å². The summed E-state index contributed by atoms with van der Waals surface area (Å²) < 4.78 is 1.05. The lowest BCUT2D eigenvalue weighted by atomic mass is 10.1. The number of amides is 1. The summed E-state index contributed by atoms with van der Waals surface area (Å²) in [5, 5.41) is 0. The highest BCUT2D eigenvalue weighted by atomic mass is 79.9. The largest absolute Gasteiger partial charge is 0.366 e. The summed E-state index contributed by atoms with van der Waals surface area (Å²) in [6.07, 6.45) is 4.05. The lowest BCUT2D eigenvalue weighted by molar-refractivity contribution is -0.113. The van der Waals surface area contributed by atoms with Crippen molar-refractivity contribution >= 4 is 27.9 Å². The molecule has 0 aliphatic heterocycles. The second-order valence-corrected chi connectivity index (χ2v) is 3.85. The molecule has 0 saturated heterocycles. The standard InChI is InChI=1S/C11H12BrNO/c1-2-8-7-10(12)5-3-9(8)4-6-11(13)14/h3-7H,2H2,1H3,(H2,13,14). The fraction of sp³-hybridized carbons (Fsp3) is 0.182. The first-order valence-corrected chi connectivity index (χ1v) is 5.18. The Bertz CT molecular complexity index is 372. The molecule has 14 heavy (non-hydrogen) atoms. The molecule has 1 rings (SSSR count). The van der Waals surface area contributed by atoms with Gasteiger partial charge in [0.15, 0.2) is 0 Å². The Kier molecular flexibility index (Phi) is 3.89. The number of carbonyl (C=O) groups is 1. The van der Waals surface area contributed by atoms with Gasteiger partial charge in [-0.15, -0.1) is 0 Å². The molecule has 0 bridgehead atoms. The van der Waals surface area contributed by atoms with Crippen molar-refractivity contribution in [2.75, 3.05) is 0 Å². The van der Waals surface area contributed by atoms with E-state index in [1.54, 1.807) is 6.08 Å². The second kappa shape index (κ2) is 4.96. The van der Waals surface area contributed by atoms with Crippen LogP contribution in [0.1, 0.15) is 18.1 Å². The van der Waals surface area contributed by atoms with Gasteiger partial charge in [-0.25, -0.2) is 0 Å². The van der Waals surface area contributed by atoms with Gasteiger partial charge in [-0.3, -0.25) is 4.79 Å². The van der Waals surface area contributed by atoms with Gasteiger partial charge in [-0.2, -0.15) is 0 Å². The van der Waals surface area contributed by atoms with Gasteiger partial charge < -0.3 is 5.73 Å². The van der Waals surface area contributed by atoms with Crippen LogP contribution in [0, 0.1) is 0 Å². The first-order chi connectivity index (χ1) is 6.63. The summed E-state index contributed by atoms with van der Waals surface area (Å²) >= 11 is 3.40. The smallest absolute Gasteiger partial charge is 0.241 e. The first-order valence-electron chi connectivity index (χ1n) is 4.39. The highest BCUT2D eigenvalue weighted by Crippen LogP contribution is 2.18. The predicted octanol–water partition coefficient (Wildman–Crippen LogP) is 2.51. The molecule has 2 nitrogen and oxygen atoms in total. The lowest BCUT2D eigenvalue weighted by Gasteiger charge is -2.03. The monoisotopic (exact) mass is 253 g/mol. The Morgan fingerprint density at radius 2 is 2.29 bits per heavy atom. The van der Waals surface area contributed by atoms with Crippen LogP contribution in [0.2, 0.25) is 0 Å². The van der Waals surface area contributed by atoms with Crippen LogP contribution in [0.5, 0.6) is 0 Å². The minimum atomic E-state index is -0.421. The van der Waals surface area contributed by atoms with E-state index in [1.807, 2.05) is 18.2 Å². The number of halogens is 1. The highest BCUT2D eigenvalue weighted by Gasteiger charge is 1.98. The molecule has 3 heteroatoms. The maximum Gasteiger partial charge on any atom is 0.241 e. The van der Waals surface area contributed by atoms with Crippen LogP contribution in [0.15, 0.2) is 28.7 Å². The van der Waals surface area contributed by atoms with Crippen molar-refractivity contribution in [2.24, 2.45) is 5.73 Å². The van der Waals surface area contributed by atoms with Crippen molar-refractivity contribution in [1.29, 1.82) is 0 Å². The summed E-state index contributed by atoms with van der Waals surface area (Å²) in [4.78, 5) is 10.6. The topological polar surface area (TPSA) is 43.1 Å². The number of rotatable bonds is 3. The van der Waals surface area contributed by atoms with E-state index in [2.05, 4.69) is 22.9 Å². The number of benzene rings is 1. The van der Waals surface area contributed by atoms with Crippen molar-refractivity contribution < 1.29 is 4.79 Å². The second-order valence-electron chi connectivity index (χ2n) is 2.93. The third-order valence-electron chi connectivity index (χ3n) is 1.91. The molecule has 74 valence electrons. The normalized spacial score (nSPS) is 10.7. The van der Waals surface area contributed by atoms with Gasteiger partial charge in [-0.1, -0.05) is 28.9 Å². The van der Waals surface area contributed by atoms with E-state index in [-0.39, 0.29) is 0 Å². The molecule has 0 aliphatic rings. The molecule has 0 heterocycles. The quantitative estimate of drug-likeness (QED) is 0.827. The fourth-order valence-corrected chi connectivity index (χ4v) is 1.62. The van der Waals surface area contributed by atoms with Crippen molar-refractivity contribution in [3.05, 3.63) is 39.9 Å². The molecule has 0 saturated carbocycles. The Morgan fingerprint density at radius 1 is 1.57 bits per heavy atom. The molecule has 0 aromatic heterocycles. The third kappa shape index (κ3) is 3.00. The molecule has 1 aromatic rings. The SMILES string of the molecule is CCc1cc(Br)ccc1C=CC(N)=O. The van der Waals surface area contributed by atoms with Crippen LogP contribution >= 0.6 is 15.9 Å². The van der Waals surface area contributed by atoms with Crippen molar-refractivity contribution in [3.63, 3.8) is 0 Å². The Morgan fingerprint density at radius 3 is 2.86 bits per heavy atom. The molecule has 0 radical (unpaired) electrons. The Hall–Kier alpha value is -1.09. The number of aryl methyl sites for hydroxylation is 1. The number of nitrogens with two attached hydrogens (primary N) is 1. The molecule has 1 aromatic carbocycles. The summed E-state index contributed by atoms with van der Waals surface area (Å²) in [7, 11) is 0. The minimum Gasteiger partial charge on any atom is -0.366 e. The van der Waals surface area contributed by atoms with Crippen LogP contribution in [0.4, 0.5) is 0 Å². The number of carbonyl (C=O) groups excluding carboxylic acids is 1. The zero-order valence-electron chi connectivity index (χ0n) is 7.96. The molecule has 0 atom stereocenters. The van der Waals surface area contributed by atoms with Gasteiger partial charge in [0.1, 0.15) is 0 Å². The summed E-state index contributed by atoms with van der Waals surface area (Å²) in [6.45, 7) is 2.07. The average molecular weight is 254 g/mol. The number of primary amides is 1. The van der Waals surface area contributed by atoms with Crippen molar-refractivity contribution in [1.82, 2.24) is 0 Å². The van der Waals surface area contributed by atoms with Gasteiger partial charge in [0.25, 0.3) is 0 Å². The fourth-order valence-electron chi connectivity index (χ4n) is 1.22. The Balaban J connectivity index is 3.02. The maximum atomic E-state index is 10.6. The van der Waals surface area contributed by atoms with Gasteiger partial charge in [-0.05, 0) is 35.8 Å². The third-order valence-corrected chi connectivity index (χ3v) is 2.41. The molecule has 0 aliphatic carbocycles. The van der Waals surface area contributed by atoms with Gasteiger partial charge >= 0.3 is 0 Å². The van der Waals surface area contributed by atoms with E-state index < -0.39 is 5.91 Å². The van der Waals surface area contributed by atoms with Crippen molar-refractivity contribution in [3.8, 4) is 0 Å². The van der Waals surface area contributed by atoms with E-state index in [1.165, 1.54) is 11.6 Å². The van der Waals surface area contributed by atoms with E-state index >= 15 is 0 Å². The van der Waals surface area contributed by atoms with Gasteiger partial charge in [0.2, 0.25) is 5.91 Å². The Labute approximate surface area is 91.9 Å². The summed E-state index contributed by atoms with van der Waals surface area (Å²) in [5.74, 6) is -0.421. The van der Waals surface area contributed by atoms with Crippen LogP contribution in [0.3, 0.4) is 0 Å². The van der Waals surface area contributed by atoms with E-state index in [9.17, 15) is 4.79 Å². The van der Waals surface area contributed by atoms with Crippen LogP contribution in [-0.2, 0) is 11.2 Å². The summed E-state index contributed by atoms with van der Waals surface area (Å²) in [5.41, 5.74) is 7.25. The number of hydrogen-bond acceptors (Lipinski definition) is 1. The molecular weight excluding hydrogens is 242 g/mol. The molecule has 1 amide bonds. The first kappa shape index (κ1) is 11.0. The highest BCUT2D eigenvalue weighted by molar-refractivity contribution is 9.10.